The van der Waals surface area contributed by atoms with Crippen LogP contribution in [0.2, 0.25) is 0 Å². The number of ketones is 1. The van der Waals surface area contributed by atoms with Gasteiger partial charge < -0.3 is 19.5 Å². The maximum absolute atomic E-state index is 11.5. The number of ether oxygens (including phenoxy) is 2. The maximum atomic E-state index is 11.5. The molecule has 0 bridgehead atoms. The Bertz CT molecular complexity index is 876. The SMILES string of the molecule is COc1cc(C(C)=O)ccc1OCC(O)CN1CCN(c2cccc(C)c2C)CC1. The molecule has 1 saturated heterocycles. The molecule has 162 valence electrons. The van der Waals surface area contributed by atoms with Crippen LogP contribution in [0.1, 0.15) is 28.4 Å². The van der Waals surface area contributed by atoms with Gasteiger partial charge in [0.2, 0.25) is 0 Å². The number of hydrogen-bond acceptors (Lipinski definition) is 6. The minimum atomic E-state index is -0.602. The molecular formula is C24H32N2O4. The van der Waals surface area contributed by atoms with Crippen molar-refractivity contribution in [2.45, 2.75) is 26.9 Å². The number of Topliss-reactive ketones (excluding diaryl/α,β-unsaturated/α-hetero) is 1. The van der Waals surface area contributed by atoms with Gasteiger partial charge in [0.25, 0.3) is 0 Å². The van der Waals surface area contributed by atoms with Crippen molar-refractivity contribution in [3.05, 3.63) is 53.1 Å². The smallest absolute Gasteiger partial charge is 0.161 e. The van der Waals surface area contributed by atoms with Gasteiger partial charge in [-0.05, 0) is 56.2 Å². The summed E-state index contributed by atoms with van der Waals surface area (Å²) in [5.74, 6) is 0.998. The second-order valence-electron chi connectivity index (χ2n) is 7.89. The van der Waals surface area contributed by atoms with Crippen LogP contribution in [0.3, 0.4) is 0 Å². The number of anilines is 1. The predicted molar refractivity (Wildman–Crippen MR) is 119 cm³/mol. The van der Waals surface area contributed by atoms with Crippen LogP contribution in [0.25, 0.3) is 0 Å². The lowest BCUT2D eigenvalue weighted by Gasteiger charge is -2.37. The monoisotopic (exact) mass is 412 g/mol. The summed E-state index contributed by atoms with van der Waals surface area (Å²) in [7, 11) is 1.54. The van der Waals surface area contributed by atoms with Crippen molar-refractivity contribution >= 4 is 11.5 Å². The standard InChI is InChI=1S/C24H32N2O4/c1-17-6-5-7-22(18(17)2)26-12-10-25(11-13-26)15-21(28)16-30-23-9-8-20(19(3)27)14-24(23)29-4/h5-9,14,21,28H,10-13,15-16H2,1-4H3. The van der Waals surface area contributed by atoms with Gasteiger partial charge in [0.05, 0.1) is 7.11 Å². The summed E-state index contributed by atoms with van der Waals surface area (Å²) in [6.07, 6.45) is -0.602. The molecule has 0 amide bonds. The van der Waals surface area contributed by atoms with Crippen molar-refractivity contribution in [3.63, 3.8) is 0 Å². The molecule has 2 aromatic carbocycles. The summed E-state index contributed by atoms with van der Waals surface area (Å²) in [4.78, 5) is 16.2. The third kappa shape index (κ3) is 5.32. The normalized spacial score (nSPS) is 15.7. The summed E-state index contributed by atoms with van der Waals surface area (Å²) in [5, 5.41) is 10.5. The van der Waals surface area contributed by atoms with Crippen LogP contribution in [0.4, 0.5) is 5.69 Å². The Kier molecular flexibility index (Phi) is 7.34. The number of aliphatic hydroxyl groups excluding tert-OH is 1. The first kappa shape index (κ1) is 22.1. The highest BCUT2D eigenvalue weighted by atomic mass is 16.5. The first-order valence-corrected chi connectivity index (χ1v) is 10.4. The molecule has 1 heterocycles. The van der Waals surface area contributed by atoms with Crippen LogP contribution in [0.5, 0.6) is 11.5 Å². The molecule has 0 saturated carbocycles. The van der Waals surface area contributed by atoms with E-state index in [9.17, 15) is 9.90 Å². The summed E-state index contributed by atoms with van der Waals surface area (Å²) < 4.78 is 11.1. The zero-order valence-electron chi connectivity index (χ0n) is 18.4. The number of carbonyl (C=O) groups excluding carboxylic acids is 1. The highest BCUT2D eigenvalue weighted by molar-refractivity contribution is 5.94. The Hall–Kier alpha value is -2.57. The van der Waals surface area contributed by atoms with Gasteiger partial charge in [-0.15, -0.1) is 0 Å². The minimum absolute atomic E-state index is 0.0279. The Morgan fingerprint density at radius 3 is 2.50 bits per heavy atom. The molecule has 1 aliphatic rings. The number of rotatable bonds is 8. The van der Waals surface area contributed by atoms with Crippen molar-refractivity contribution in [3.8, 4) is 11.5 Å². The lowest BCUT2D eigenvalue weighted by Crippen LogP contribution is -2.49. The van der Waals surface area contributed by atoms with Gasteiger partial charge in [-0.2, -0.15) is 0 Å². The first-order chi connectivity index (χ1) is 14.4. The molecule has 6 nitrogen and oxygen atoms in total. The zero-order valence-corrected chi connectivity index (χ0v) is 18.4. The highest BCUT2D eigenvalue weighted by Gasteiger charge is 2.21. The number of piperazine rings is 1. The van der Waals surface area contributed by atoms with E-state index in [1.165, 1.54) is 30.8 Å². The highest BCUT2D eigenvalue weighted by Crippen LogP contribution is 2.28. The van der Waals surface area contributed by atoms with Crippen LogP contribution < -0.4 is 14.4 Å². The van der Waals surface area contributed by atoms with E-state index in [1.54, 1.807) is 18.2 Å². The number of carbonyl (C=O) groups is 1. The molecular weight excluding hydrogens is 380 g/mol. The molecule has 1 N–H and O–H groups in total. The Morgan fingerprint density at radius 2 is 1.83 bits per heavy atom. The number of methoxy groups -OCH3 is 1. The van der Waals surface area contributed by atoms with Crippen LogP contribution in [-0.4, -0.2) is 68.3 Å². The average molecular weight is 413 g/mol. The fraction of sp³-hybridized carbons (Fsp3) is 0.458. The lowest BCUT2D eigenvalue weighted by molar-refractivity contribution is 0.0653. The molecule has 0 radical (unpaired) electrons. The molecule has 1 fully saturated rings. The Morgan fingerprint density at radius 1 is 1.10 bits per heavy atom. The summed E-state index contributed by atoms with van der Waals surface area (Å²) in [5.41, 5.74) is 4.53. The second-order valence-corrected chi connectivity index (χ2v) is 7.89. The van der Waals surface area contributed by atoms with E-state index in [1.807, 2.05) is 0 Å². The van der Waals surface area contributed by atoms with Crippen LogP contribution >= 0.6 is 0 Å². The third-order valence-electron chi connectivity index (χ3n) is 5.76. The minimum Gasteiger partial charge on any atom is -0.493 e. The maximum Gasteiger partial charge on any atom is 0.161 e. The fourth-order valence-electron chi connectivity index (χ4n) is 3.79. The predicted octanol–water partition coefficient (Wildman–Crippen LogP) is 3.08. The summed E-state index contributed by atoms with van der Waals surface area (Å²) in [6, 6.07) is 11.5. The van der Waals surface area contributed by atoms with Gasteiger partial charge in [-0.25, -0.2) is 0 Å². The zero-order chi connectivity index (χ0) is 21.7. The molecule has 30 heavy (non-hydrogen) atoms. The molecule has 1 atom stereocenters. The first-order valence-electron chi connectivity index (χ1n) is 10.4. The number of aryl methyl sites for hydroxylation is 1. The van der Waals surface area contributed by atoms with E-state index in [-0.39, 0.29) is 12.4 Å². The van der Waals surface area contributed by atoms with Gasteiger partial charge in [0, 0.05) is 44.0 Å². The molecule has 0 aromatic heterocycles. The van der Waals surface area contributed by atoms with E-state index < -0.39 is 6.10 Å². The van der Waals surface area contributed by atoms with E-state index in [0.29, 0.717) is 23.6 Å². The second kappa shape index (κ2) is 9.96. The number of nitrogens with zero attached hydrogens (tertiary/aromatic N) is 2. The van der Waals surface area contributed by atoms with Crippen LogP contribution in [0, 0.1) is 13.8 Å². The largest absolute Gasteiger partial charge is 0.493 e. The molecule has 1 aliphatic heterocycles. The van der Waals surface area contributed by atoms with Gasteiger partial charge >= 0.3 is 0 Å². The Labute approximate surface area is 179 Å². The third-order valence-corrected chi connectivity index (χ3v) is 5.76. The van der Waals surface area contributed by atoms with E-state index >= 15 is 0 Å². The molecule has 2 aromatic rings. The van der Waals surface area contributed by atoms with Crippen molar-refractivity contribution in [2.75, 3.05) is 51.3 Å². The summed E-state index contributed by atoms with van der Waals surface area (Å²) >= 11 is 0. The van der Waals surface area contributed by atoms with Gasteiger partial charge in [0.15, 0.2) is 17.3 Å². The molecule has 3 rings (SSSR count). The quantitative estimate of drug-likeness (QED) is 0.673. The molecule has 0 spiro atoms. The van der Waals surface area contributed by atoms with Crippen molar-refractivity contribution in [2.24, 2.45) is 0 Å². The van der Waals surface area contributed by atoms with E-state index in [2.05, 4.69) is 41.8 Å². The average Bonchev–Trinajstić information content (AvgIpc) is 2.74. The van der Waals surface area contributed by atoms with Crippen LogP contribution in [-0.2, 0) is 0 Å². The number of aliphatic hydroxyl groups is 1. The van der Waals surface area contributed by atoms with Crippen molar-refractivity contribution in [1.82, 2.24) is 4.90 Å². The van der Waals surface area contributed by atoms with Gasteiger partial charge in [-0.3, -0.25) is 9.69 Å². The summed E-state index contributed by atoms with van der Waals surface area (Å²) in [6.45, 7) is 10.3. The molecule has 0 aliphatic carbocycles. The van der Waals surface area contributed by atoms with Crippen molar-refractivity contribution < 1.29 is 19.4 Å². The van der Waals surface area contributed by atoms with Crippen molar-refractivity contribution in [1.29, 1.82) is 0 Å². The fourth-order valence-corrected chi connectivity index (χ4v) is 3.79. The van der Waals surface area contributed by atoms with E-state index in [4.69, 9.17) is 9.47 Å². The lowest BCUT2D eigenvalue weighted by atomic mass is 10.1. The van der Waals surface area contributed by atoms with E-state index in [0.717, 1.165) is 26.2 Å². The molecule has 1 unspecified atom stereocenters. The van der Waals surface area contributed by atoms with Crippen LogP contribution in [0.15, 0.2) is 36.4 Å². The topological polar surface area (TPSA) is 62.2 Å². The Balaban J connectivity index is 1.49. The molecule has 6 heteroatoms. The number of benzene rings is 2. The van der Waals surface area contributed by atoms with Gasteiger partial charge in [-0.1, -0.05) is 12.1 Å². The number of β-amino-alcohol motifs (C(OH)–C–C–N with tert-alkyl or cyclic N) is 1. The van der Waals surface area contributed by atoms with Gasteiger partial charge in [0.1, 0.15) is 12.7 Å². The number of hydrogen-bond donors (Lipinski definition) is 1.